The molecule has 0 aliphatic rings. The number of esters is 2. The van der Waals surface area contributed by atoms with Crippen molar-refractivity contribution in [2.75, 3.05) is 7.11 Å². The predicted octanol–water partition coefficient (Wildman–Crippen LogP) is 3.52. The molecule has 0 bridgehead atoms. The first-order valence-corrected chi connectivity index (χ1v) is 11.6. The number of methoxy groups -OCH3 is 1. The molecule has 9 nitrogen and oxygen atoms in total. The Morgan fingerprint density at radius 3 is 2.29 bits per heavy atom. The number of nitrogens with one attached hydrogen (secondary N) is 2. The minimum Gasteiger partial charge on any atom is -0.464 e. The van der Waals surface area contributed by atoms with Crippen LogP contribution in [0.5, 0.6) is 0 Å². The van der Waals surface area contributed by atoms with Crippen molar-refractivity contribution in [3.05, 3.63) is 65.5 Å². The molecule has 2 amide bonds. The van der Waals surface area contributed by atoms with Gasteiger partial charge in [0.05, 0.1) is 12.8 Å². The van der Waals surface area contributed by atoms with Crippen LogP contribution < -0.4 is 10.6 Å². The summed E-state index contributed by atoms with van der Waals surface area (Å²) in [7, 11) is 1.15. The Balaban J connectivity index is 1.90. The maximum absolute atomic E-state index is 12.4. The quantitative estimate of drug-likeness (QED) is 0.379. The maximum Gasteiger partial charge on any atom is 0.353 e. The van der Waals surface area contributed by atoms with Crippen molar-refractivity contribution in [2.45, 2.75) is 45.6 Å². The lowest BCUT2D eigenvalue weighted by Gasteiger charge is -2.19. The highest BCUT2D eigenvalue weighted by Crippen LogP contribution is 2.24. The minimum atomic E-state index is -0.810. The normalized spacial score (nSPS) is 10.7. The highest BCUT2D eigenvalue weighted by Gasteiger charge is 2.18. The molecule has 2 aromatic rings. The molecular weight excluding hydrogens is 470 g/mol. The van der Waals surface area contributed by atoms with Crippen molar-refractivity contribution in [1.29, 1.82) is 0 Å². The van der Waals surface area contributed by atoms with Crippen LogP contribution in [-0.4, -0.2) is 41.4 Å². The van der Waals surface area contributed by atoms with E-state index in [0.29, 0.717) is 17.8 Å². The van der Waals surface area contributed by atoms with Gasteiger partial charge in [0, 0.05) is 17.4 Å². The SMILES string of the molecule is C=C(NC(=O)c1csc(-c2ccc(CCCC(=O)OC(C)(C)C)cc2)n1)C(=O)NC(=C)C(=O)OC. The van der Waals surface area contributed by atoms with Crippen molar-refractivity contribution in [3.63, 3.8) is 0 Å². The number of aromatic nitrogens is 1. The zero-order valence-electron chi connectivity index (χ0n) is 20.2. The summed E-state index contributed by atoms with van der Waals surface area (Å²) in [5, 5.41) is 6.73. The molecule has 0 saturated carbocycles. The number of nitrogens with zero attached hydrogens (tertiary/aromatic N) is 1. The molecule has 0 spiro atoms. The molecule has 1 heterocycles. The van der Waals surface area contributed by atoms with Crippen molar-refractivity contribution in [2.24, 2.45) is 0 Å². The number of hydrogen-bond acceptors (Lipinski definition) is 8. The first-order valence-electron chi connectivity index (χ1n) is 10.7. The largest absolute Gasteiger partial charge is 0.464 e. The standard InChI is InChI=1S/C25H29N3O6S/c1-15(21(30)27-16(2)24(32)33-6)26-22(31)19-14-35-23(28-19)18-12-10-17(11-13-18)8-7-9-20(29)34-25(3,4)5/h10-14H,1-2,7-9H2,3-6H3,(H,26,31)(H,27,30). The molecule has 35 heavy (non-hydrogen) atoms. The smallest absolute Gasteiger partial charge is 0.353 e. The third-order valence-corrected chi connectivity index (χ3v) is 5.33. The lowest BCUT2D eigenvalue weighted by molar-refractivity contribution is -0.154. The topological polar surface area (TPSA) is 124 Å². The van der Waals surface area contributed by atoms with Gasteiger partial charge in [-0.3, -0.25) is 14.4 Å². The first-order chi connectivity index (χ1) is 16.4. The number of ether oxygens (including phenoxy) is 2. The summed E-state index contributed by atoms with van der Waals surface area (Å²) in [5.74, 6) is -2.44. The van der Waals surface area contributed by atoms with Gasteiger partial charge in [-0.15, -0.1) is 11.3 Å². The van der Waals surface area contributed by atoms with Gasteiger partial charge in [-0.05, 0) is 39.2 Å². The van der Waals surface area contributed by atoms with E-state index in [9.17, 15) is 19.2 Å². The third-order valence-electron chi connectivity index (χ3n) is 4.44. The number of hydrogen-bond donors (Lipinski definition) is 2. The van der Waals surface area contributed by atoms with Gasteiger partial charge in [-0.1, -0.05) is 37.4 Å². The van der Waals surface area contributed by atoms with Gasteiger partial charge < -0.3 is 20.1 Å². The Hall–Kier alpha value is -3.79. The fraction of sp³-hybridized carbons (Fsp3) is 0.320. The Labute approximate surface area is 208 Å². The van der Waals surface area contributed by atoms with E-state index in [-0.39, 0.29) is 23.1 Å². The zero-order chi connectivity index (χ0) is 26.2. The van der Waals surface area contributed by atoms with Gasteiger partial charge in [0.2, 0.25) is 0 Å². The number of rotatable bonds is 10. The Morgan fingerprint density at radius 2 is 1.69 bits per heavy atom. The molecule has 0 aliphatic heterocycles. The molecule has 0 radical (unpaired) electrons. The van der Waals surface area contributed by atoms with Crippen LogP contribution >= 0.6 is 11.3 Å². The Kier molecular flexibility index (Phi) is 9.47. The summed E-state index contributed by atoms with van der Waals surface area (Å²) in [6.45, 7) is 12.4. The van der Waals surface area contributed by atoms with Crippen LogP contribution in [0, 0.1) is 0 Å². The fourth-order valence-electron chi connectivity index (χ4n) is 2.80. The van der Waals surface area contributed by atoms with E-state index in [0.717, 1.165) is 24.7 Å². The number of carbonyl (C=O) groups excluding carboxylic acids is 4. The van der Waals surface area contributed by atoms with Gasteiger partial charge in [0.25, 0.3) is 11.8 Å². The Bertz CT molecular complexity index is 1130. The van der Waals surface area contributed by atoms with E-state index in [1.165, 1.54) is 11.3 Å². The van der Waals surface area contributed by atoms with Crippen LogP contribution in [0.3, 0.4) is 0 Å². The molecule has 2 N–H and O–H groups in total. The van der Waals surface area contributed by atoms with Crippen LogP contribution in [0.25, 0.3) is 10.6 Å². The average Bonchev–Trinajstić information content (AvgIpc) is 3.28. The lowest BCUT2D eigenvalue weighted by atomic mass is 10.1. The van der Waals surface area contributed by atoms with Gasteiger partial charge in [0.1, 0.15) is 22.0 Å². The van der Waals surface area contributed by atoms with Crippen molar-refractivity contribution >= 4 is 35.1 Å². The molecule has 0 aliphatic carbocycles. The van der Waals surface area contributed by atoms with Crippen LogP contribution in [0.15, 0.2) is 54.2 Å². The second kappa shape index (κ2) is 12.1. The van der Waals surface area contributed by atoms with Crippen molar-refractivity contribution in [1.82, 2.24) is 15.6 Å². The highest BCUT2D eigenvalue weighted by molar-refractivity contribution is 7.13. The van der Waals surface area contributed by atoms with Crippen LogP contribution in [0.1, 0.15) is 49.7 Å². The second-order valence-corrected chi connectivity index (χ2v) is 9.39. The van der Waals surface area contributed by atoms with E-state index in [1.54, 1.807) is 5.38 Å². The summed E-state index contributed by atoms with van der Waals surface area (Å²) in [6, 6.07) is 7.69. The van der Waals surface area contributed by atoms with E-state index < -0.39 is 23.4 Å². The van der Waals surface area contributed by atoms with Crippen LogP contribution in [-0.2, 0) is 30.3 Å². The summed E-state index contributed by atoms with van der Waals surface area (Å²) in [5.41, 5.74) is 0.981. The molecule has 0 unspecified atom stereocenters. The number of amides is 2. The van der Waals surface area contributed by atoms with E-state index in [4.69, 9.17) is 4.74 Å². The monoisotopic (exact) mass is 499 g/mol. The molecule has 2 rings (SSSR count). The van der Waals surface area contributed by atoms with Gasteiger partial charge >= 0.3 is 11.9 Å². The molecular formula is C25H29N3O6S. The fourth-order valence-corrected chi connectivity index (χ4v) is 3.60. The Morgan fingerprint density at radius 1 is 1.03 bits per heavy atom. The lowest BCUT2D eigenvalue weighted by Crippen LogP contribution is -2.35. The van der Waals surface area contributed by atoms with Gasteiger partial charge in [-0.2, -0.15) is 0 Å². The summed E-state index contributed by atoms with van der Waals surface area (Å²) in [6.07, 6.45) is 1.77. The zero-order valence-corrected chi connectivity index (χ0v) is 21.0. The molecule has 0 atom stereocenters. The summed E-state index contributed by atoms with van der Waals surface area (Å²) < 4.78 is 9.76. The minimum absolute atomic E-state index is 0.118. The molecule has 1 aromatic heterocycles. The number of aryl methyl sites for hydroxylation is 1. The van der Waals surface area contributed by atoms with Crippen LogP contribution in [0.4, 0.5) is 0 Å². The molecule has 0 fully saturated rings. The van der Waals surface area contributed by atoms with Crippen LogP contribution in [0.2, 0.25) is 0 Å². The predicted molar refractivity (Wildman–Crippen MR) is 132 cm³/mol. The van der Waals surface area contributed by atoms with Crippen molar-refractivity contribution < 1.29 is 28.7 Å². The molecule has 0 saturated heterocycles. The van der Waals surface area contributed by atoms with E-state index >= 15 is 0 Å². The summed E-state index contributed by atoms with van der Waals surface area (Å²) in [4.78, 5) is 51.9. The molecule has 1 aromatic carbocycles. The summed E-state index contributed by atoms with van der Waals surface area (Å²) >= 11 is 1.28. The maximum atomic E-state index is 12.4. The van der Waals surface area contributed by atoms with Crippen molar-refractivity contribution in [3.8, 4) is 10.6 Å². The highest BCUT2D eigenvalue weighted by atomic mass is 32.1. The number of benzene rings is 1. The van der Waals surface area contributed by atoms with Gasteiger partial charge in [-0.25, -0.2) is 9.78 Å². The number of thiazole rings is 1. The molecule has 186 valence electrons. The first kappa shape index (κ1) is 27.5. The third kappa shape index (κ3) is 8.82. The average molecular weight is 500 g/mol. The van der Waals surface area contributed by atoms with E-state index in [2.05, 4.69) is 33.5 Å². The second-order valence-electron chi connectivity index (χ2n) is 8.53. The van der Waals surface area contributed by atoms with E-state index in [1.807, 2.05) is 45.0 Å². The molecule has 10 heteroatoms. The number of carbonyl (C=O) groups is 4. The van der Waals surface area contributed by atoms with Gasteiger partial charge in [0.15, 0.2) is 0 Å².